The van der Waals surface area contributed by atoms with Crippen LogP contribution >= 0.6 is 0 Å². The molecule has 9 heteroatoms. The van der Waals surface area contributed by atoms with E-state index in [4.69, 9.17) is 9.47 Å². The van der Waals surface area contributed by atoms with Gasteiger partial charge in [-0.2, -0.15) is 9.29 Å². The molecular weight excluding hydrogens is 361 g/mol. The number of benzene rings is 1. The number of sulfonamides is 1. The third-order valence-electron chi connectivity index (χ3n) is 4.07. The molecule has 1 atom stereocenters. The lowest BCUT2D eigenvalue weighted by molar-refractivity contribution is 0.123. The molecule has 1 saturated heterocycles. The normalized spacial score (nSPS) is 18.5. The summed E-state index contributed by atoms with van der Waals surface area (Å²) >= 11 is 0. The molecule has 0 N–H and O–H groups in total. The summed E-state index contributed by atoms with van der Waals surface area (Å²) in [4.78, 5) is 8.00. The molecule has 0 bridgehead atoms. The number of hydrogen-bond acceptors (Lipinski definition) is 6. The minimum absolute atomic E-state index is 0.165. The van der Waals surface area contributed by atoms with Gasteiger partial charge in [-0.3, -0.25) is 0 Å². The van der Waals surface area contributed by atoms with Crippen molar-refractivity contribution in [2.75, 3.05) is 20.2 Å². The summed E-state index contributed by atoms with van der Waals surface area (Å²) < 4.78 is 50.5. The van der Waals surface area contributed by atoms with Crippen molar-refractivity contribution < 1.29 is 22.3 Å². The van der Waals surface area contributed by atoms with Gasteiger partial charge in [-0.1, -0.05) is 12.1 Å². The van der Waals surface area contributed by atoms with Crippen LogP contribution in [-0.4, -0.2) is 49.0 Å². The highest BCUT2D eigenvalue weighted by Gasteiger charge is 2.30. The van der Waals surface area contributed by atoms with Gasteiger partial charge in [-0.25, -0.2) is 17.8 Å². The smallest absolute Gasteiger partial charge is 0.319 e. The van der Waals surface area contributed by atoms with E-state index >= 15 is 0 Å². The molecule has 0 amide bonds. The minimum atomic E-state index is -3.51. The van der Waals surface area contributed by atoms with Gasteiger partial charge in [-0.15, -0.1) is 0 Å². The Morgan fingerprint density at radius 3 is 2.77 bits per heavy atom. The van der Waals surface area contributed by atoms with Gasteiger partial charge in [0.1, 0.15) is 11.9 Å². The molecule has 1 aromatic carbocycles. The number of rotatable bonds is 6. The van der Waals surface area contributed by atoms with Crippen LogP contribution in [0.2, 0.25) is 0 Å². The van der Waals surface area contributed by atoms with Gasteiger partial charge in [0.15, 0.2) is 0 Å². The zero-order valence-corrected chi connectivity index (χ0v) is 15.2. The van der Waals surface area contributed by atoms with Crippen molar-refractivity contribution in [3.05, 3.63) is 47.9 Å². The van der Waals surface area contributed by atoms with E-state index in [0.717, 1.165) is 6.42 Å². The Hall–Kier alpha value is -2.26. The molecule has 7 nitrogen and oxygen atoms in total. The zero-order chi connectivity index (χ0) is 18.6. The van der Waals surface area contributed by atoms with E-state index in [1.807, 2.05) is 0 Å². The zero-order valence-electron chi connectivity index (χ0n) is 14.3. The van der Waals surface area contributed by atoms with Crippen molar-refractivity contribution in [3.63, 3.8) is 0 Å². The lowest BCUT2D eigenvalue weighted by atomic mass is 10.1. The average Bonchev–Trinajstić information content (AvgIpc) is 2.64. The molecule has 0 saturated carbocycles. The molecule has 0 aliphatic carbocycles. The van der Waals surface area contributed by atoms with Gasteiger partial charge in [0.05, 0.1) is 19.4 Å². The van der Waals surface area contributed by atoms with Crippen molar-refractivity contribution in [2.45, 2.75) is 24.7 Å². The quantitative estimate of drug-likeness (QED) is 0.761. The fourth-order valence-corrected chi connectivity index (χ4v) is 4.39. The molecule has 1 aliphatic rings. The topological polar surface area (TPSA) is 81.6 Å². The van der Waals surface area contributed by atoms with E-state index in [1.54, 1.807) is 6.07 Å². The largest absolute Gasteiger partial charge is 0.473 e. The summed E-state index contributed by atoms with van der Waals surface area (Å²) in [6.45, 7) is 0.687. The number of nitrogens with zero attached hydrogens (tertiary/aromatic N) is 3. The Kier molecular flexibility index (Phi) is 5.67. The molecular formula is C17H20FN3O4S. The van der Waals surface area contributed by atoms with E-state index in [-0.39, 0.29) is 24.4 Å². The van der Waals surface area contributed by atoms with Gasteiger partial charge in [-0.05, 0) is 30.5 Å². The third-order valence-corrected chi connectivity index (χ3v) is 5.89. The number of hydrogen-bond donors (Lipinski definition) is 0. The minimum Gasteiger partial charge on any atom is -0.473 e. The summed E-state index contributed by atoms with van der Waals surface area (Å²) in [5, 5.41) is 0. The highest BCUT2D eigenvalue weighted by atomic mass is 32.2. The van der Waals surface area contributed by atoms with Crippen LogP contribution in [0.3, 0.4) is 0 Å². The molecule has 140 valence electrons. The standard InChI is InChI=1S/C17H20FN3O4S/c1-24-17-19-9-8-16(20-17)25-15-3-2-10-21(11-15)26(22,23)12-13-4-6-14(18)7-5-13/h4-9,15H,2-3,10-12H2,1H3. The molecule has 2 aromatic rings. The monoisotopic (exact) mass is 381 g/mol. The van der Waals surface area contributed by atoms with Crippen molar-refractivity contribution in [1.29, 1.82) is 0 Å². The van der Waals surface area contributed by atoms with E-state index in [1.165, 1.54) is 41.9 Å². The van der Waals surface area contributed by atoms with Crippen LogP contribution < -0.4 is 9.47 Å². The van der Waals surface area contributed by atoms with Crippen molar-refractivity contribution in [2.24, 2.45) is 0 Å². The first-order chi connectivity index (χ1) is 12.5. The van der Waals surface area contributed by atoms with Crippen molar-refractivity contribution >= 4 is 10.0 Å². The first-order valence-electron chi connectivity index (χ1n) is 8.22. The van der Waals surface area contributed by atoms with Crippen LogP contribution in [0, 0.1) is 5.82 Å². The van der Waals surface area contributed by atoms with Gasteiger partial charge in [0.2, 0.25) is 15.9 Å². The maximum Gasteiger partial charge on any atom is 0.319 e. The highest BCUT2D eigenvalue weighted by molar-refractivity contribution is 7.88. The Morgan fingerprint density at radius 2 is 2.04 bits per heavy atom. The lowest BCUT2D eigenvalue weighted by Gasteiger charge is -2.31. The lowest BCUT2D eigenvalue weighted by Crippen LogP contribution is -2.44. The summed E-state index contributed by atoms with van der Waals surface area (Å²) in [6, 6.07) is 7.29. The van der Waals surface area contributed by atoms with Crippen LogP contribution in [-0.2, 0) is 15.8 Å². The predicted molar refractivity (Wildman–Crippen MR) is 92.8 cm³/mol. The Morgan fingerprint density at radius 1 is 1.27 bits per heavy atom. The van der Waals surface area contributed by atoms with Gasteiger partial charge in [0, 0.05) is 18.8 Å². The molecule has 1 aliphatic heterocycles. The SMILES string of the molecule is COc1nccc(OC2CCCN(S(=O)(=O)Cc3ccc(F)cc3)C2)n1. The van der Waals surface area contributed by atoms with Crippen LogP contribution in [0.25, 0.3) is 0 Å². The number of halogens is 1. The Balaban J connectivity index is 1.65. The number of piperidine rings is 1. The van der Waals surface area contributed by atoms with Crippen LogP contribution in [0.5, 0.6) is 11.9 Å². The molecule has 1 unspecified atom stereocenters. The highest BCUT2D eigenvalue weighted by Crippen LogP contribution is 2.21. The van der Waals surface area contributed by atoms with Gasteiger partial charge >= 0.3 is 6.01 Å². The fourth-order valence-electron chi connectivity index (χ4n) is 2.80. The second-order valence-corrected chi connectivity index (χ2v) is 7.97. The van der Waals surface area contributed by atoms with Crippen LogP contribution in [0.4, 0.5) is 4.39 Å². The summed E-state index contributed by atoms with van der Waals surface area (Å²) in [5.74, 6) is -0.209. The van der Waals surface area contributed by atoms with E-state index < -0.39 is 15.8 Å². The van der Waals surface area contributed by atoms with Gasteiger partial charge in [0.25, 0.3) is 0 Å². The predicted octanol–water partition coefficient (Wildman–Crippen LogP) is 2.00. The second-order valence-electron chi connectivity index (χ2n) is 6.00. The fraction of sp³-hybridized carbons (Fsp3) is 0.412. The maximum absolute atomic E-state index is 13.0. The Bertz CT molecular complexity index is 845. The first-order valence-corrected chi connectivity index (χ1v) is 9.83. The second kappa shape index (κ2) is 7.96. The first kappa shape index (κ1) is 18.5. The summed E-state index contributed by atoms with van der Waals surface area (Å²) in [7, 11) is -2.05. The third kappa shape index (κ3) is 4.67. The molecule has 1 aromatic heterocycles. The molecule has 0 spiro atoms. The van der Waals surface area contributed by atoms with E-state index in [9.17, 15) is 12.8 Å². The van der Waals surface area contributed by atoms with Crippen LogP contribution in [0.1, 0.15) is 18.4 Å². The molecule has 2 heterocycles. The Labute approximate surface area is 151 Å². The number of aromatic nitrogens is 2. The molecule has 0 radical (unpaired) electrons. The van der Waals surface area contributed by atoms with Crippen molar-refractivity contribution in [3.8, 4) is 11.9 Å². The maximum atomic E-state index is 13.0. The van der Waals surface area contributed by atoms with Crippen LogP contribution in [0.15, 0.2) is 36.5 Å². The molecule has 1 fully saturated rings. The van der Waals surface area contributed by atoms with Gasteiger partial charge < -0.3 is 9.47 Å². The molecule has 26 heavy (non-hydrogen) atoms. The molecule has 3 rings (SSSR count). The van der Waals surface area contributed by atoms with E-state index in [0.29, 0.717) is 24.4 Å². The number of ether oxygens (including phenoxy) is 2. The summed E-state index contributed by atoms with van der Waals surface area (Å²) in [6.07, 6.45) is 2.64. The summed E-state index contributed by atoms with van der Waals surface area (Å²) in [5.41, 5.74) is 0.551. The number of methoxy groups -OCH3 is 1. The average molecular weight is 381 g/mol. The van der Waals surface area contributed by atoms with E-state index in [2.05, 4.69) is 9.97 Å². The van der Waals surface area contributed by atoms with Crippen molar-refractivity contribution in [1.82, 2.24) is 14.3 Å².